The van der Waals surface area contributed by atoms with E-state index in [1.165, 1.54) is 5.56 Å². The minimum Gasteiger partial charge on any atom is -0.367 e. The fourth-order valence-corrected chi connectivity index (χ4v) is 4.19. The number of ether oxygens (including phenoxy) is 3. The van der Waals surface area contributed by atoms with Crippen molar-refractivity contribution in [3.8, 4) is 0 Å². The highest BCUT2D eigenvalue weighted by molar-refractivity contribution is 5.17. The fourth-order valence-electron chi connectivity index (χ4n) is 4.19. The van der Waals surface area contributed by atoms with E-state index in [0.717, 1.165) is 0 Å². The lowest BCUT2D eigenvalue weighted by Gasteiger charge is -2.57. The van der Waals surface area contributed by atoms with Gasteiger partial charge in [-0.15, -0.1) is 0 Å². The molecule has 3 heterocycles. The normalized spacial score (nSPS) is 39.9. The zero-order valence-electron chi connectivity index (χ0n) is 13.3. The Bertz CT molecular complexity index is 549. The van der Waals surface area contributed by atoms with E-state index < -0.39 is 5.79 Å². The number of benzene rings is 1. The Morgan fingerprint density at radius 1 is 1.23 bits per heavy atom. The second-order valence-electron chi connectivity index (χ2n) is 6.85. The van der Waals surface area contributed by atoms with Crippen molar-refractivity contribution in [2.75, 3.05) is 20.3 Å². The van der Waals surface area contributed by atoms with E-state index in [1.54, 1.807) is 7.11 Å². The predicted octanol–water partition coefficient (Wildman–Crippen LogP) is 1.97. The van der Waals surface area contributed by atoms with Gasteiger partial charge in [0, 0.05) is 13.7 Å². The summed E-state index contributed by atoms with van der Waals surface area (Å²) in [7, 11) is 1.73. The molecule has 0 N–H and O–H groups in total. The van der Waals surface area contributed by atoms with E-state index in [0.29, 0.717) is 19.8 Å². The summed E-state index contributed by atoms with van der Waals surface area (Å²) in [6.45, 7) is 5.98. The highest BCUT2D eigenvalue weighted by Crippen LogP contribution is 2.52. The van der Waals surface area contributed by atoms with Gasteiger partial charge >= 0.3 is 0 Å². The molecule has 1 aromatic rings. The Hall–Kier alpha value is -0.980. The maximum absolute atomic E-state index is 6.30. The maximum Gasteiger partial charge on any atom is 0.196 e. The van der Waals surface area contributed by atoms with Crippen molar-refractivity contribution in [2.45, 2.75) is 43.9 Å². The van der Waals surface area contributed by atoms with Crippen LogP contribution in [0.2, 0.25) is 0 Å². The van der Waals surface area contributed by atoms with Crippen LogP contribution in [0.3, 0.4) is 0 Å². The number of nitrogens with zero attached hydrogens (tertiary/aromatic N) is 1. The van der Waals surface area contributed by atoms with Crippen LogP contribution < -0.4 is 0 Å². The van der Waals surface area contributed by atoms with Crippen LogP contribution in [0, 0.1) is 5.92 Å². The molecule has 3 aliphatic rings. The van der Waals surface area contributed by atoms with E-state index >= 15 is 0 Å². The Morgan fingerprint density at radius 2 is 2.00 bits per heavy atom. The van der Waals surface area contributed by atoms with Crippen molar-refractivity contribution in [3.63, 3.8) is 0 Å². The lowest BCUT2D eigenvalue weighted by molar-refractivity contribution is -0.399. The highest BCUT2D eigenvalue weighted by atomic mass is 16.8. The van der Waals surface area contributed by atoms with Crippen molar-refractivity contribution in [1.29, 1.82) is 0 Å². The van der Waals surface area contributed by atoms with Gasteiger partial charge in [0.2, 0.25) is 0 Å². The molecule has 3 saturated heterocycles. The third kappa shape index (κ3) is 1.97. The van der Waals surface area contributed by atoms with Gasteiger partial charge in [0.05, 0.1) is 24.7 Å². The third-order valence-electron chi connectivity index (χ3n) is 5.24. The summed E-state index contributed by atoms with van der Waals surface area (Å²) in [5, 5.41) is 1.99. The molecule has 0 amide bonds. The van der Waals surface area contributed by atoms with Crippen molar-refractivity contribution in [1.82, 2.24) is 5.06 Å². The minimum atomic E-state index is -0.639. The van der Waals surface area contributed by atoms with Crippen LogP contribution in [0.25, 0.3) is 0 Å². The zero-order chi connectivity index (χ0) is 15.4. The van der Waals surface area contributed by atoms with Crippen molar-refractivity contribution >= 4 is 0 Å². The van der Waals surface area contributed by atoms with Crippen LogP contribution in [-0.2, 0) is 25.6 Å². The molecule has 22 heavy (non-hydrogen) atoms. The number of methoxy groups -OCH3 is 1. The number of hydroxylamine groups is 2. The summed E-state index contributed by atoms with van der Waals surface area (Å²) in [5.74, 6) is -0.583. The summed E-state index contributed by atoms with van der Waals surface area (Å²) < 4.78 is 18.3. The largest absolute Gasteiger partial charge is 0.367 e. The van der Waals surface area contributed by atoms with E-state index in [2.05, 4.69) is 26.0 Å². The SMILES string of the molecule is CO[C@@]12OC[C@H]3OC(C)(C)[C@@H]1CON(Cc1ccccc1)[C@H]32. The molecule has 4 bridgehead atoms. The van der Waals surface area contributed by atoms with Gasteiger partial charge in [-0.25, -0.2) is 0 Å². The lowest BCUT2D eigenvalue weighted by Crippen LogP contribution is -2.72. The summed E-state index contributed by atoms with van der Waals surface area (Å²) in [5.41, 5.74) is 0.892. The molecule has 0 radical (unpaired) electrons. The molecule has 120 valence electrons. The Balaban J connectivity index is 1.66. The first-order valence-corrected chi connectivity index (χ1v) is 7.87. The van der Waals surface area contributed by atoms with E-state index in [1.807, 2.05) is 23.3 Å². The second kappa shape index (κ2) is 5.01. The first kappa shape index (κ1) is 14.6. The van der Waals surface area contributed by atoms with Crippen molar-refractivity contribution < 1.29 is 19.0 Å². The molecule has 3 aliphatic heterocycles. The van der Waals surface area contributed by atoms with Crippen LogP contribution >= 0.6 is 0 Å². The average Bonchev–Trinajstić information content (AvgIpc) is 2.82. The Labute approximate surface area is 131 Å². The van der Waals surface area contributed by atoms with Gasteiger partial charge in [-0.05, 0) is 19.4 Å². The van der Waals surface area contributed by atoms with Crippen molar-refractivity contribution in [3.05, 3.63) is 35.9 Å². The molecule has 0 spiro atoms. The van der Waals surface area contributed by atoms with Crippen molar-refractivity contribution in [2.24, 2.45) is 5.92 Å². The Morgan fingerprint density at radius 3 is 2.73 bits per heavy atom. The number of hydrogen-bond acceptors (Lipinski definition) is 5. The summed E-state index contributed by atoms with van der Waals surface area (Å²) in [6, 6.07) is 10.3. The standard InChI is InChI=1S/C17H23NO4/c1-16(2)14-11-21-18(9-12-7-5-4-6-8-12)15-13(22-16)10-20-17(14,15)19-3/h4-8,13-15H,9-11H2,1-3H3/t13-,14+,15-,17-/m1/s1. The minimum absolute atomic E-state index is 0.0322. The monoisotopic (exact) mass is 305 g/mol. The van der Waals surface area contributed by atoms with Gasteiger partial charge in [0.15, 0.2) is 5.79 Å². The first-order valence-electron chi connectivity index (χ1n) is 7.87. The lowest BCUT2D eigenvalue weighted by atomic mass is 9.76. The van der Waals surface area contributed by atoms with Crippen LogP contribution in [0.15, 0.2) is 30.3 Å². The molecule has 1 aromatic carbocycles. The number of hydrogen-bond donors (Lipinski definition) is 0. The maximum atomic E-state index is 6.30. The zero-order valence-corrected chi connectivity index (χ0v) is 13.3. The predicted molar refractivity (Wildman–Crippen MR) is 79.9 cm³/mol. The summed E-state index contributed by atoms with van der Waals surface area (Å²) in [6.07, 6.45) is -0.0322. The topological polar surface area (TPSA) is 40.2 Å². The van der Waals surface area contributed by atoms with Gasteiger partial charge in [-0.1, -0.05) is 30.3 Å². The first-order chi connectivity index (χ1) is 10.6. The molecule has 4 rings (SSSR count). The smallest absolute Gasteiger partial charge is 0.196 e. The highest BCUT2D eigenvalue weighted by Gasteiger charge is 2.69. The van der Waals surface area contributed by atoms with Gasteiger partial charge < -0.3 is 14.2 Å². The van der Waals surface area contributed by atoms with Crippen LogP contribution in [-0.4, -0.2) is 48.9 Å². The molecule has 4 atom stereocenters. The van der Waals surface area contributed by atoms with Crippen LogP contribution in [0.4, 0.5) is 0 Å². The quantitative estimate of drug-likeness (QED) is 0.854. The van der Waals surface area contributed by atoms with Crippen LogP contribution in [0.5, 0.6) is 0 Å². The third-order valence-corrected chi connectivity index (χ3v) is 5.24. The molecule has 0 aromatic heterocycles. The summed E-state index contributed by atoms with van der Waals surface area (Å²) in [4.78, 5) is 6.09. The molecule has 0 aliphatic carbocycles. The molecular weight excluding hydrogens is 282 g/mol. The van der Waals surface area contributed by atoms with Gasteiger partial charge in [0.25, 0.3) is 0 Å². The van der Waals surface area contributed by atoms with Gasteiger partial charge in [-0.3, -0.25) is 4.84 Å². The second-order valence-corrected chi connectivity index (χ2v) is 6.85. The molecule has 0 saturated carbocycles. The molecule has 3 fully saturated rings. The summed E-state index contributed by atoms with van der Waals surface area (Å²) >= 11 is 0. The molecule has 0 unspecified atom stereocenters. The van der Waals surface area contributed by atoms with Gasteiger partial charge in [-0.2, -0.15) is 5.06 Å². The van der Waals surface area contributed by atoms with Gasteiger partial charge in [0.1, 0.15) is 12.1 Å². The van der Waals surface area contributed by atoms with E-state index in [-0.39, 0.29) is 23.7 Å². The average molecular weight is 305 g/mol. The molecule has 5 heteroatoms. The number of rotatable bonds is 3. The van der Waals surface area contributed by atoms with E-state index in [9.17, 15) is 0 Å². The Kier molecular flexibility index (Phi) is 3.33. The fraction of sp³-hybridized carbons (Fsp3) is 0.647. The van der Waals surface area contributed by atoms with E-state index in [4.69, 9.17) is 19.0 Å². The molecule has 5 nitrogen and oxygen atoms in total. The molecular formula is C17H23NO4. The van der Waals surface area contributed by atoms with Crippen LogP contribution in [0.1, 0.15) is 19.4 Å².